The fraction of sp³-hybridized carbons (Fsp3) is 0.133. The lowest BCUT2D eigenvalue weighted by atomic mass is 10.2. The first kappa shape index (κ1) is 15.2. The molecule has 5 heteroatoms. The number of nitrogen functional groups attached to an aromatic ring is 1. The maximum Gasteiger partial charge on any atom is 0.234 e. The van der Waals surface area contributed by atoms with Crippen LogP contribution in [-0.4, -0.2) is 11.7 Å². The van der Waals surface area contributed by atoms with E-state index in [1.807, 2.05) is 49.4 Å². The second-order valence-electron chi connectivity index (χ2n) is 4.34. The van der Waals surface area contributed by atoms with Gasteiger partial charge >= 0.3 is 0 Å². The van der Waals surface area contributed by atoms with Crippen LogP contribution in [0.1, 0.15) is 5.56 Å². The van der Waals surface area contributed by atoms with E-state index in [-0.39, 0.29) is 5.91 Å². The summed E-state index contributed by atoms with van der Waals surface area (Å²) >= 11 is 3.71. The van der Waals surface area contributed by atoms with Crippen LogP contribution in [0.5, 0.6) is 0 Å². The number of hydrogen-bond donors (Lipinski definition) is 2. The summed E-state index contributed by atoms with van der Waals surface area (Å²) in [5.41, 5.74) is 8.44. The van der Waals surface area contributed by atoms with E-state index in [4.69, 9.17) is 5.73 Å². The minimum Gasteiger partial charge on any atom is -0.399 e. The van der Waals surface area contributed by atoms with Crippen LogP contribution in [-0.2, 0) is 4.79 Å². The molecule has 0 heterocycles. The molecule has 2 rings (SSSR count). The molecule has 0 aromatic heterocycles. The van der Waals surface area contributed by atoms with Gasteiger partial charge in [-0.3, -0.25) is 4.79 Å². The van der Waals surface area contributed by atoms with Crippen LogP contribution in [0.4, 0.5) is 11.4 Å². The van der Waals surface area contributed by atoms with Crippen LogP contribution in [0.3, 0.4) is 0 Å². The van der Waals surface area contributed by atoms with Crippen molar-refractivity contribution in [1.82, 2.24) is 0 Å². The number of aryl methyl sites for hydroxylation is 1. The van der Waals surface area contributed by atoms with Crippen molar-refractivity contribution >= 4 is 51.6 Å². The van der Waals surface area contributed by atoms with Gasteiger partial charge in [-0.25, -0.2) is 0 Å². The zero-order chi connectivity index (χ0) is 14.5. The van der Waals surface area contributed by atoms with Crippen LogP contribution in [0.15, 0.2) is 47.4 Å². The zero-order valence-electron chi connectivity index (χ0n) is 11.0. The fourth-order valence-corrected chi connectivity index (χ4v) is 2.95. The maximum absolute atomic E-state index is 11.9. The van der Waals surface area contributed by atoms with Crippen molar-refractivity contribution in [3.63, 3.8) is 0 Å². The van der Waals surface area contributed by atoms with E-state index in [9.17, 15) is 4.79 Å². The summed E-state index contributed by atoms with van der Waals surface area (Å²) in [5.74, 6) is 0.377. The summed E-state index contributed by atoms with van der Waals surface area (Å²) < 4.78 is 1.03. The van der Waals surface area contributed by atoms with Crippen molar-refractivity contribution in [3.8, 4) is 0 Å². The summed E-state index contributed by atoms with van der Waals surface area (Å²) in [6.07, 6.45) is 0. The number of thioether (sulfide) groups is 1. The Hall–Kier alpha value is -1.21. The number of hydrogen-bond acceptors (Lipinski definition) is 3. The van der Waals surface area contributed by atoms with Gasteiger partial charge in [-0.05, 0) is 65.4 Å². The molecule has 0 saturated carbocycles. The van der Waals surface area contributed by atoms with E-state index in [1.54, 1.807) is 0 Å². The predicted octanol–water partition coefficient (Wildman–Crippen LogP) is 3.91. The average molecular weight is 398 g/mol. The predicted molar refractivity (Wildman–Crippen MR) is 94.1 cm³/mol. The largest absolute Gasteiger partial charge is 0.399 e. The topological polar surface area (TPSA) is 55.1 Å². The second kappa shape index (κ2) is 6.99. The van der Waals surface area contributed by atoms with E-state index in [0.717, 1.165) is 25.4 Å². The standard InChI is InChI=1S/C15H15IN2OS/c1-10-8-11(6-7-13(10)17)20-9-15(19)18-14-5-3-2-4-12(14)16/h2-8H,9,17H2,1H3,(H,18,19). The number of nitrogens with one attached hydrogen (secondary N) is 1. The van der Waals surface area contributed by atoms with Gasteiger partial charge in [-0.1, -0.05) is 12.1 Å². The van der Waals surface area contributed by atoms with Crippen LogP contribution < -0.4 is 11.1 Å². The molecule has 0 unspecified atom stereocenters. The molecule has 0 bridgehead atoms. The first-order valence-corrected chi connectivity index (χ1v) is 8.16. The van der Waals surface area contributed by atoms with Gasteiger partial charge in [0.15, 0.2) is 0 Å². The minimum absolute atomic E-state index is 0.00593. The summed E-state index contributed by atoms with van der Waals surface area (Å²) in [7, 11) is 0. The van der Waals surface area contributed by atoms with E-state index < -0.39 is 0 Å². The second-order valence-corrected chi connectivity index (χ2v) is 6.55. The summed E-state index contributed by atoms with van der Waals surface area (Å²) in [5, 5.41) is 2.91. The summed E-state index contributed by atoms with van der Waals surface area (Å²) in [6, 6.07) is 13.5. The number of para-hydroxylation sites is 1. The Morgan fingerprint density at radius 1 is 1.30 bits per heavy atom. The van der Waals surface area contributed by atoms with Gasteiger partial charge in [-0.2, -0.15) is 0 Å². The Morgan fingerprint density at radius 3 is 2.75 bits per heavy atom. The van der Waals surface area contributed by atoms with Crippen LogP contribution in [0.2, 0.25) is 0 Å². The number of carbonyl (C=O) groups excluding carboxylic acids is 1. The Bertz CT molecular complexity index is 631. The molecule has 2 aromatic rings. The number of nitrogens with two attached hydrogens (primary N) is 1. The third-order valence-electron chi connectivity index (χ3n) is 2.76. The molecule has 2 aromatic carbocycles. The Morgan fingerprint density at radius 2 is 2.05 bits per heavy atom. The number of benzene rings is 2. The van der Waals surface area contributed by atoms with Gasteiger partial charge in [0.05, 0.1) is 11.4 Å². The third-order valence-corrected chi connectivity index (χ3v) is 4.69. The lowest BCUT2D eigenvalue weighted by Crippen LogP contribution is -2.14. The van der Waals surface area contributed by atoms with Crippen molar-refractivity contribution in [2.45, 2.75) is 11.8 Å². The average Bonchev–Trinajstić information content (AvgIpc) is 2.43. The van der Waals surface area contributed by atoms with Gasteiger partial charge in [0.2, 0.25) is 5.91 Å². The molecule has 104 valence electrons. The zero-order valence-corrected chi connectivity index (χ0v) is 14.0. The van der Waals surface area contributed by atoms with Crippen molar-refractivity contribution in [3.05, 3.63) is 51.6 Å². The van der Waals surface area contributed by atoms with Gasteiger partial charge in [-0.15, -0.1) is 11.8 Å². The lowest BCUT2D eigenvalue weighted by Gasteiger charge is -2.08. The minimum atomic E-state index is -0.00593. The molecule has 0 saturated heterocycles. The van der Waals surface area contributed by atoms with Crippen molar-refractivity contribution in [2.75, 3.05) is 16.8 Å². The van der Waals surface area contributed by atoms with Gasteiger partial charge < -0.3 is 11.1 Å². The lowest BCUT2D eigenvalue weighted by molar-refractivity contribution is -0.113. The molecule has 0 atom stereocenters. The number of rotatable bonds is 4. The Balaban J connectivity index is 1.92. The fourth-order valence-electron chi connectivity index (χ4n) is 1.64. The number of halogens is 1. The van der Waals surface area contributed by atoms with Gasteiger partial charge in [0.1, 0.15) is 0 Å². The highest BCUT2D eigenvalue weighted by molar-refractivity contribution is 14.1. The van der Waals surface area contributed by atoms with Gasteiger partial charge in [0, 0.05) is 14.2 Å². The molecular formula is C15H15IN2OS. The number of carbonyl (C=O) groups is 1. The molecule has 0 aliphatic heterocycles. The van der Waals surface area contributed by atoms with Crippen molar-refractivity contribution < 1.29 is 4.79 Å². The molecule has 3 nitrogen and oxygen atoms in total. The van der Waals surface area contributed by atoms with E-state index in [2.05, 4.69) is 27.9 Å². The Kier molecular flexibility index (Phi) is 5.31. The SMILES string of the molecule is Cc1cc(SCC(=O)Nc2ccccc2I)ccc1N. The number of amides is 1. The third kappa shape index (κ3) is 4.14. The molecule has 20 heavy (non-hydrogen) atoms. The highest BCUT2D eigenvalue weighted by Crippen LogP contribution is 2.23. The van der Waals surface area contributed by atoms with E-state index in [1.165, 1.54) is 11.8 Å². The first-order chi connectivity index (χ1) is 9.56. The molecule has 0 aliphatic carbocycles. The smallest absolute Gasteiger partial charge is 0.234 e. The molecule has 0 spiro atoms. The first-order valence-electron chi connectivity index (χ1n) is 6.09. The van der Waals surface area contributed by atoms with E-state index >= 15 is 0 Å². The molecular weight excluding hydrogens is 383 g/mol. The normalized spacial score (nSPS) is 10.3. The Labute approximate surface area is 136 Å². The van der Waals surface area contributed by atoms with Crippen LogP contribution in [0.25, 0.3) is 0 Å². The highest BCUT2D eigenvalue weighted by atomic mass is 127. The maximum atomic E-state index is 11.9. The van der Waals surface area contributed by atoms with Crippen molar-refractivity contribution in [2.24, 2.45) is 0 Å². The quantitative estimate of drug-likeness (QED) is 0.467. The van der Waals surface area contributed by atoms with E-state index in [0.29, 0.717) is 5.75 Å². The summed E-state index contributed by atoms with van der Waals surface area (Å²) in [4.78, 5) is 13.0. The monoisotopic (exact) mass is 398 g/mol. The van der Waals surface area contributed by atoms with Crippen LogP contribution in [0, 0.1) is 10.5 Å². The van der Waals surface area contributed by atoms with Gasteiger partial charge in [0.25, 0.3) is 0 Å². The summed E-state index contributed by atoms with van der Waals surface area (Å²) in [6.45, 7) is 1.96. The molecule has 1 amide bonds. The molecule has 0 fully saturated rings. The van der Waals surface area contributed by atoms with Crippen molar-refractivity contribution in [1.29, 1.82) is 0 Å². The molecule has 0 radical (unpaired) electrons. The molecule has 3 N–H and O–H groups in total. The van der Waals surface area contributed by atoms with Crippen LogP contribution >= 0.6 is 34.4 Å². The molecule has 0 aliphatic rings. The number of anilines is 2. The highest BCUT2D eigenvalue weighted by Gasteiger charge is 2.06.